The smallest absolute Gasteiger partial charge is 0.156 e. The van der Waals surface area contributed by atoms with Gasteiger partial charge in [0.05, 0.1) is 5.56 Å². The lowest BCUT2D eigenvalue weighted by Crippen LogP contribution is -1.94. The number of halogens is 2. The van der Waals surface area contributed by atoms with Crippen molar-refractivity contribution in [2.24, 2.45) is 0 Å². The fraction of sp³-hybridized carbons (Fsp3) is 0.125. The third-order valence-electron chi connectivity index (χ3n) is 1.43. The normalized spacial score (nSPS) is 9.92. The number of hydrogen-bond donors (Lipinski definition) is 0. The number of thioether (sulfide) groups is 1. The minimum absolute atomic E-state index is 0.185. The summed E-state index contributed by atoms with van der Waals surface area (Å²) in [6, 6.07) is 2.39. The third-order valence-corrected chi connectivity index (χ3v) is 2.18. The second kappa shape index (κ2) is 3.67. The van der Waals surface area contributed by atoms with Crippen LogP contribution in [0.25, 0.3) is 0 Å². The number of rotatable bonds is 2. The van der Waals surface area contributed by atoms with Crippen molar-refractivity contribution in [3.8, 4) is 0 Å². The second-order valence-corrected chi connectivity index (χ2v) is 2.94. The Balaban J connectivity index is 3.33. The van der Waals surface area contributed by atoms with Crippen LogP contribution >= 0.6 is 11.8 Å². The van der Waals surface area contributed by atoms with Gasteiger partial charge in [-0.1, -0.05) is 0 Å². The van der Waals surface area contributed by atoms with E-state index in [0.717, 1.165) is 17.8 Å². The molecule has 1 aromatic carbocycles. The molecule has 0 saturated carbocycles. The van der Waals surface area contributed by atoms with E-state index in [0.29, 0.717) is 0 Å². The Bertz CT molecular complexity index is 312. The van der Waals surface area contributed by atoms with E-state index in [2.05, 4.69) is 0 Å². The Kier molecular flexibility index (Phi) is 2.81. The molecule has 0 unspecified atom stereocenters. The third kappa shape index (κ3) is 1.48. The molecule has 0 saturated heterocycles. The largest absolute Gasteiger partial charge is 0.298 e. The lowest BCUT2D eigenvalue weighted by Gasteiger charge is -2.01. The van der Waals surface area contributed by atoms with Crippen LogP contribution in [0.1, 0.15) is 10.4 Å². The lowest BCUT2D eigenvalue weighted by atomic mass is 10.2. The molecule has 0 aromatic heterocycles. The molecule has 0 spiro atoms. The maximum absolute atomic E-state index is 13.0. The van der Waals surface area contributed by atoms with Gasteiger partial charge in [0.25, 0.3) is 0 Å². The van der Waals surface area contributed by atoms with Gasteiger partial charge < -0.3 is 0 Å². The van der Waals surface area contributed by atoms with E-state index in [1.165, 1.54) is 6.07 Å². The highest BCUT2D eigenvalue weighted by molar-refractivity contribution is 7.98. The first-order valence-electron chi connectivity index (χ1n) is 3.18. The topological polar surface area (TPSA) is 17.1 Å². The van der Waals surface area contributed by atoms with Crippen LogP contribution < -0.4 is 0 Å². The Morgan fingerprint density at radius 1 is 1.42 bits per heavy atom. The molecular weight excluding hydrogens is 182 g/mol. The van der Waals surface area contributed by atoms with Crippen LogP contribution in [0.5, 0.6) is 0 Å². The quantitative estimate of drug-likeness (QED) is 0.524. The van der Waals surface area contributed by atoms with Crippen molar-refractivity contribution in [2.45, 2.75) is 4.90 Å². The molecule has 0 aliphatic carbocycles. The number of benzene rings is 1. The van der Waals surface area contributed by atoms with Crippen LogP contribution in [0.15, 0.2) is 17.0 Å². The van der Waals surface area contributed by atoms with Crippen LogP contribution in [0.4, 0.5) is 8.78 Å². The first-order chi connectivity index (χ1) is 5.70. The Morgan fingerprint density at radius 3 is 2.58 bits per heavy atom. The standard InChI is InChI=1S/C8H6F2OS/c1-12-7-3-2-6(9)5(4-11)8(7)10/h2-4H,1H3. The Morgan fingerprint density at radius 2 is 2.08 bits per heavy atom. The zero-order valence-corrected chi connectivity index (χ0v) is 7.12. The minimum atomic E-state index is -0.819. The number of aldehydes is 1. The van der Waals surface area contributed by atoms with Crippen molar-refractivity contribution in [1.82, 2.24) is 0 Å². The van der Waals surface area contributed by atoms with Crippen LogP contribution in [0, 0.1) is 11.6 Å². The Labute approximate surface area is 72.8 Å². The molecule has 1 nitrogen and oxygen atoms in total. The zero-order valence-electron chi connectivity index (χ0n) is 6.30. The molecule has 12 heavy (non-hydrogen) atoms. The van der Waals surface area contributed by atoms with E-state index in [4.69, 9.17) is 0 Å². The van der Waals surface area contributed by atoms with Crippen molar-refractivity contribution in [3.63, 3.8) is 0 Å². The predicted octanol–water partition coefficient (Wildman–Crippen LogP) is 2.50. The summed E-state index contributed by atoms with van der Waals surface area (Å²) in [6.07, 6.45) is 1.84. The molecule has 64 valence electrons. The van der Waals surface area contributed by atoms with Gasteiger partial charge in [0.1, 0.15) is 11.6 Å². The van der Waals surface area contributed by atoms with E-state index in [1.807, 2.05) is 0 Å². The molecular formula is C8H6F2OS. The van der Waals surface area contributed by atoms with Gasteiger partial charge in [-0.2, -0.15) is 0 Å². The highest BCUT2D eigenvalue weighted by Gasteiger charge is 2.11. The van der Waals surface area contributed by atoms with Crippen LogP contribution in [-0.4, -0.2) is 12.5 Å². The maximum atomic E-state index is 13.0. The summed E-state index contributed by atoms with van der Waals surface area (Å²) in [5.74, 6) is -1.60. The summed E-state index contributed by atoms with van der Waals surface area (Å²) < 4.78 is 25.7. The number of hydrogen-bond acceptors (Lipinski definition) is 2. The average molecular weight is 188 g/mol. The van der Waals surface area contributed by atoms with Gasteiger partial charge in [-0.05, 0) is 18.4 Å². The van der Waals surface area contributed by atoms with Crippen LogP contribution in [0.2, 0.25) is 0 Å². The fourth-order valence-corrected chi connectivity index (χ4v) is 1.31. The van der Waals surface area contributed by atoms with E-state index in [9.17, 15) is 13.6 Å². The van der Waals surface area contributed by atoms with Gasteiger partial charge in [-0.3, -0.25) is 4.79 Å². The molecule has 0 radical (unpaired) electrons. The summed E-state index contributed by atoms with van der Waals surface area (Å²) in [5, 5.41) is 0. The molecule has 1 aromatic rings. The van der Waals surface area contributed by atoms with E-state index >= 15 is 0 Å². The van der Waals surface area contributed by atoms with Gasteiger partial charge in [0.15, 0.2) is 6.29 Å². The average Bonchev–Trinajstić information content (AvgIpc) is 2.06. The zero-order chi connectivity index (χ0) is 9.14. The van der Waals surface area contributed by atoms with Gasteiger partial charge in [0.2, 0.25) is 0 Å². The first kappa shape index (κ1) is 9.19. The molecule has 0 bridgehead atoms. The first-order valence-corrected chi connectivity index (χ1v) is 4.40. The summed E-state index contributed by atoms with van der Waals surface area (Å²) in [6.45, 7) is 0. The maximum Gasteiger partial charge on any atom is 0.156 e. The van der Waals surface area contributed by atoms with Crippen molar-refractivity contribution in [3.05, 3.63) is 29.3 Å². The summed E-state index contributed by atoms with van der Waals surface area (Å²) >= 11 is 1.13. The molecule has 0 heterocycles. The van der Waals surface area contributed by atoms with E-state index in [-0.39, 0.29) is 11.2 Å². The van der Waals surface area contributed by atoms with Gasteiger partial charge in [-0.25, -0.2) is 8.78 Å². The van der Waals surface area contributed by atoms with Crippen molar-refractivity contribution in [1.29, 1.82) is 0 Å². The summed E-state index contributed by atoms with van der Waals surface area (Å²) in [5.41, 5.74) is -0.498. The fourth-order valence-electron chi connectivity index (χ4n) is 0.815. The van der Waals surface area contributed by atoms with Gasteiger partial charge in [0, 0.05) is 4.90 Å². The van der Waals surface area contributed by atoms with Crippen LogP contribution in [-0.2, 0) is 0 Å². The molecule has 0 fully saturated rings. The molecule has 0 N–H and O–H groups in total. The Hall–Kier alpha value is -0.900. The van der Waals surface area contributed by atoms with Crippen molar-refractivity contribution in [2.75, 3.05) is 6.26 Å². The highest BCUT2D eigenvalue weighted by Crippen LogP contribution is 2.22. The molecule has 0 amide bonds. The molecule has 0 atom stereocenters. The van der Waals surface area contributed by atoms with E-state index < -0.39 is 17.2 Å². The summed E-state index contributed by atoms with van der Waals surface area (Å²) in [7, 11) is 0. The SMILES string of the molecule is CSc1ccc(F)c(C=O)c1F. The number of carbonyl (C=O) groups is 1. The van der Waals surface area contributed by atoms with Gasteiger partial charge >= 0.3 is 0 Å². The van der Waals surface area contributed by atoms with E-state index in [1.54, 1.807) is 6.26 Å². The van der Waals surface area contributed by atoms with Gasteiger partial charge in [-0.15, -0.1) is 11.8 Å². The highest BCUT2D eigenvalue weighted by atomic mass is 32.2. The monoisotopic (exact) mass is 188 g/mol. The predicted molar refractivity (Wildman–Crippen MR) is 43.5 cm³/mol. The van der Waals surface area contributed by atoms with Crippen molar-refractivity contribution < 1.29 is 13.6 Å². The van der Waals surface area contributed by atoms with Crippen LogP contribution in [0.3, 0.4) is 0 Å². The molecule has 4 heteroatoms. The summed E-state index contributed by atoms with van der Waals surface area (Å²) in [4.78, 5) is 10.5. The molecule has 1 rings (SSSR count). The molecule has 0 aliphatic heterocycles. The van der Waals surface area contributed by atoms with Crippen molar-refractivity contribution >= 4 is 18.0 Å². The minimum Gasteiger partial charge on any atom is -0.298 e. The molecule has 0 aliphatic rings. The number of carbonyl (C=O) groups excluding carboxylic acids is 1. The lowest BCUT2D eigenvalue weighted by molar-refractivity contribution is 0.111. The second-order valence-electron chi connectivity index (χ2n) is 2.10.